The van der Waals surface area contributed by atoms with Crippen molar-refractivity contribution < 1.29 is 18.0 Å². The molecule has 0 aliphatic carbocycles. The lowest BCUT2D eigenvalue weighted by Gasteiger charge is -2.34. The topological polar surface area (TPSA) is 51.0 Å². The van der Waals surface area contributed by atoms with Crippen LogP contribution < -0.4 is 0 Å². The molecule has 3 rings (SSSR count). The van der Waals surface area contributed by atoms with Crippen LogP contribution in [0, 0.1) is 0 Å². The van der Waals surface area contributed by atoms with Gasteiger partial charge in [0.25, 0.3) is 0 Å². The van der Waals surface area contributed by atoms with E-state index in [4.69, 9.17) is 0 Å². The first-order valence-corrected chi connectivity index (χ1v) is 8.08. The standard InChI is InChI=1S/C14H15F3N4OS/c1-9-12-18-19-13(14(15,16)17)21(12)7-6-20(9)11(22)5-4-10-3-2-8-23-10/h2-3,8-9H,4-7H2,1H3. The number of carbonyl (C=O) groups excluding carboxylic acids is 1. The molecule has 0 N–H and O–H groups in total. The SMILES string of the molecule is CC1c2nnc(C(F)(F)F)n2CCN1C(=O)CCc1cccs1. The maximum Gasteiger partial charge on any atom is 0.451 e. The van der Waals surface area contributed by atoms with Crippen LogP contribution in [0.5, 0.6) is 0 Å². The fourth-order valence-corrected chi connectivity index (χ4v) is 3.47. The molecule has 3 heterocycles. The number of hydrogen-bond donors (Lipinski definition) is 0. The summed E-state index contributed by atoms with van der Waals surface area (Å²) in [6.45, 7) is 1.98. The van der Waals surface area contributed by atoms with E-state index in [1.54, 1.807) is 23.2 Å². The van der Waals surface area contributed by atoms with Gasteiger partial charge in [-0.05, 0) is 24.8 Å². The second kappa shape index (κ2) is 5.95. The number of hydrogen-bond acceptors (Lipinski definition) is 4. The molecular formula is C14H15F3N4OS. The van der Waals surface area contributed by atoms with Crippen molar-refractivity contribution in [2.24, 2.45) is 0 Å². The van der Waals surface area contributed by atoms with Gasteiger partial charge in [0.1, 0.15) is 0 Å². The minimum absolute atomic E-state index is 0.0618. The Labute approximate surface area is 134 Å². The Balaban J connectivity index is 1.72. The lowest BCUT2D eigenvalue weighted by atomic mass is 10.1. The smallest absolute Gasteiger partial charge is 0.331 e. The highest BCUT2D eigenvalue weighted by atomic mass is 32.1. The van der Waals surface area contributed by atoms with Crippen molar-refractivity contribution in [3.63, 3.8) is 0 Å². The minimum Gasteiger partial charge on any atom is -0.331 e. The van der Waals surface area contributed by atoms with Crippen molar-refractivity contribution in [1.82, 2.24) is 19.7 Å². The second-order valence-electron chi connectivity index (χ2n) is 5.37. The number of carbonyl (C=O) groups is 1. The number of aryl methyl sites for hydroxylation is 1. The summed E-state index contributed by atoms with van der Waals surface area (Å²) in [7, 11) is 0. The fraction of sp³-hybridized carbons (Fsp3) is 0.500. The number of halogens is 3. The normalized spacial score (nSPS) is 18.1. The van der Waals surface area contributed by atoms with Gasteiger partial charge >= 0.3 is 6.18 Å². The molecule has 0 saturated carbocycles. The lowest BCUT2D eigenvalue weighted by Crippen LogP contribution is -2.42. The predicted octanol–water partition coefficient (Wildman–Crippen LogP) is 2.89. The van der Waals surface area contributed by atoms with Gasteiger partial charge in [0, 0.05) is 24.4 Å². The van der Waals surface area contributed by atoms with Gasteiger partial charge in [0.2, 0.25) is 11.7 Å². The van der Waals surface area contributed by atoms with Crippen LogP contribution >= 0.6 is 11.3 Å². The molecular weight excluding hydrogens is 329 g/mol. The molecule has 0 bridgehead atoms. The fourth-order valence-electron chi connectivity index (χ4n) is 2.76. The summed E-state index contributed by atoms with van der Waals surface area (Å²) in [4.78, 5) is 15.1. The van der Waals surface area contributed by atoms with E-state index >= 15 is 0 Å². The van der Waals surface area contributed by atoms with Crippen LogP contribution in [-0.4, -0.2) is 32.1 Å². The van der Waals surface area contributed by atoms with Crippen LogP contribution in [0.25, 0.3) is 0 Å². The molecule has 9 heteroatoms. The summed E-state index contributed by atoms with van der Waals surface area (Å²) in [5.74, 6) is -0.883. The highest BCUT2D eigenvalue weighted by Gasteiger charge is 2.41. The molecule has 1 amide bonds. The first kappa shape index (κ1) is 16.0. The Morgan fingerprint density at radius 1 is 1.39 bits per heavy atom. The summed E-state index contributed by atoms with van der Waals surface area (Å²) >= 11 is 1.58. The van der Waals surface area contributed by atoms with Gasteiger partial charge in [-0.3, -0.25) is 4.79 Å². The molecule has 0 fully saturated rings. The number of thiophene rings is 1. The third kappa shape index (κ3) is 3.10. The van der Waals surface area contributed by atoms with Crippen LogP contribution in [0.3, 0.4) is 0 Å². The number of amides is 1. The summed E-state index contributed by atoms with van der Waals surface area (Å²) in [6.07, 6.45) is -3.55. The van der Waals surface area contributed by atoms with Crippen molar-refractivity contribution in [1.29, 1.82) is 0 Å². The summed E-state index contributed by atoms with van der Waals surface area (Å²) in [5.41, 5.74) is 0. The predicted molar refractivity (Wildman–Crippen MR) is 77.8 cm³/mol. The van der Waals surface area contributed by atoms with Gasteiger partial charge in [-0.1, -0.05) is 6.07 Å². The zero-order valence-corrected chi connectivity index (χ0v) is 13.2. The van der Waals surface area contributed by atoms with E-state index in [9.17, 15) is 18.0 Å². The molecule has 1 aliphatic rings. The van der Waals surface area contributed by atoms with E-state index in [0.717, 1.165) is 9.44 Å². The number of fused-ring (bicyclic) bond motifs is 1. The average Bonchev–Trinajstić information content (AvgIpc) is 3.14. The Bertz CT molecular complexity index is 695. The van der Waals surface area contributed by atoms with Crippen LogP contribution in [0.15, 0.2) is 17.5 Å². The van der Waals surface area contributed by atoms with Gasteiger partial charge in [0.15, 0.2) is 5.82 Å². The van der Waals surface area contributed by atoms with Gasteiger partial charge in [-0.25, -0.2) is 0 Å². The van der Waals surface area contributed by atoms with E-state index in [-0.39, 0.29) is 24.8 Å². The van der Waals surface area contributed by atoms with Gasteiger partial charge in [-0.15, -0.1) is 21.5 Å². The van der Waals surface area contributed by atoms with Crippen molar-refractivity contribution in [2.45, 2.75) is 38.5 Å². The average molecular weight is 344 g/mol. The Kier molecular flexibility index (Phi) is 4.13. The maximum absolute atomic E-state index is 12.9. The van der Waals surface area contributed by atoms with Crippen molar-refractivity contribution in [2.75, 3.05) is 6.54 Å². The zero-order chi connectivity index (χ0) is 16.6. The molecule has 2 aromatic rings. The lowest BCUT2D eigenvalue weighted by molar-refractivity contribution is -0.148. The molecule has 1 aliphatic heterocycles. The van der Waals surface area contributed by atoms with E-state index in [0.29, 0.717) is 12.8 Å². The van der Waals surface area contributed by atoms with Gasteiger partial charge in [-0.2, -0.15) is 13.2 Å². The number of rotatable bonds is 3. The van der Waals surface area contributed by atoms with Crippen LogP contribution in [-0.2, 0) is 23.9 Å². The summed E-state index contributed by atoms with van der Waals surface area (Å²) in [6, 6.07) is 3.38. The highest BCUT2D eigenvalue weighted by molar-refractivity contribution is 7.09. The first-order valence-electron chi connectivity index (χ1n) is 7.20. The van der Waals surface area contributed by atoms with Crippen LogP contribution in [0.1, 0.15) is 35.9 Å². The van der Waals surface area contributed by atoms with E-state index in [1.165, 1.54) is 0 Å². The van der Waals surface area contributed by atoms with Crippen molar-refractivity contribution in [3.8, 4) is 0 Å². The molecule has 0 aromatic carbocycles. The summed E-state index contributed by atoms with van der Waals surface area (Å²) < 4.78 is 39.7. The summed E-state index contributed by atoms with van der Waals surface area (Å²) in [5, 5.41) is 8.85. The first-order chi connectivity index (χ1) is 10.9. The third-order valence-electron chi connectivity index (χ3n) is 3.92. The molecule has 0 radical (unpaired) electrons. The van der Waals surface area contributed by atoms with Crippen molar-refractivity contribution in [3.05, 3.63) is 34.0 Å². The van der Waals surface area contributed by atoms with E-state index in [1.807, 2.05) is 17.5 Å². The third-order valence-corrected chi connectivity index (χ3v) is 4.86. The zero-order valence-electron chi connectivity index (χ0n) is 12.4. The maximum atomic E-state index is 12.9. The second-order valence-corrected chi connectivity index (χ2v) is 6.41. The molecule has 124 valence electrons. The monoisotopic (exact) mass is 344 g/mol. The van der Waals surface area contributed by atoms with Crippen molar-refractivity contribution >= 4 is 17.2 Å². The van der Waals surface area contributed by atoms with Gasteiger partial charge < -0.3 is 9.47 Å². The quantitative estimate of drug-likeness (QED) is 0.860. The van der Waals surface area contributed by atoms with Crippen LogP contribution in [0.4, 0.5) is 13.2 Å². The number of aromatic nitrogens is 3. The molecule has 23 heavy (non-hydrogen) atoms. The molecule has 2 aromatic heterocycles. The Morgan fingerprint density at radius 3 is 2.83 bits per heavy atom. The molecule has 0 saturated heterocycles. The highest BCUT2D eigenvalue weighted by Crippen LogP contribution is 2.32. The molecule has 0 spiro atoms. The number of nitrogens with zero attached hydrogens (tertiary/aromatic N) is 4. The van der Waals surface area contributed by atoms with Gasteiger partial charge in [0.05, 0.1) is 6.04 Å². The molecule has 1 atom stereocenters. The number of alkyl halides is 3. The minimum atomic E-state index is -4.53. The largest absolute Gasteiger partial charge is 0.451 e. The molecule has 1 unspecified atom stereocenters. The van der Waals surface area contributed by atoms with E-state index < -0.39 is 18.0 Å². The van der Waals surface area contributed by atoms with E-state index in [2.05, 4.69) is 10.2 Å². The molecule has 5 nitrogen and oxygen atoms in total. The Morgan fingerprint density at radius 2 is 2.17 bits per heavy atom. The Hall–Kier alpha value is -1.90. The van der Waals surface area contributed by atoms with Crippen LogP contribution in [0.2, 0.25) is 0 Å².